The van der Waals surface area contributed by atoms with Crippen molar-refractivity contribution in [1.29, 1.82) is 0 Å². The van der Waals surface area contributed by atoms with E-state index in [1.165, 1.54) is 24.8 Å². The van der Waals surface area contributed by atoms with E-state index in [2.05, 4.69) is 43.8 Å². The highest BCUT2D eigenvalue weighted by Crippen LogP contribution is 2.22. The molecule has 1 aliphatic rings. The number of hydrogen-bond donors (Lipinski definition) is 2. The second-order valence-corrected chi connectivity index (χ2v) is 7.68. The number of urea groups is 1. The predicted octanol–water partition coefficient (Wildman–Crippen LogP) is 4.76. The number of carbonyl (C=O) groups excluding carboxylic acids is 1. The van der Waals surface area contributed by atoms with E-state index in [1.807, 2.05) is 30.7 Å². The Morgan fingerprint density at radius 2 is 1.88 bits per heavy atom. The van der Waals surface area contributed by atoms with Crippen molar-refractivity contribution >= 4 is 27.6 Å². The Balaban J connectivity index is 1.66. The third kappa shape index (κ3) is 4.63. The van der Waals surface area contributed by atoms with E-state index in [4.69, 9.17) is 0 Å². The molecule has 0 atom stereocenters. The maximum atomic E-state index is 12.3. The summed E-state index contributed by atoms with van der Waals surface area (Å²) in [5, 5.41) is 10.7. The van der Waals surface area contributed by atoms with E-state index in [-0.39, 0.29) is 6.03 Å². The summed E-state index contributed by atoms with van der Waals surface area (Å²) in [6.07, 6.45) is 5.84. The Morgan fingerprint density at radius 3 is 2.56 bits per heavy atom. The molecule has 0 aliphatic heterocycles. The lowest BCUT2D eigenvalue weighted by Crippen LogP contribution is -2.39. The van der Waals surface area contributed by atoms with Crippen LogP contribution in [0.1, 0.15) is 49.1 Å². The molecular weight excluding hydrogens is 380 g/mol. The van der Waals surface area contributed by atoms with Crippen LogP contribution in [0.4, 0.5) is 10.5 Å². The van der Waals surface area contributed by atoms with E-state index in [0.29, 0.717) is 12.6 Å². The third-order valence-corrected chi connectivity index (χ3v) is 5.33. The van der Waals surface area contributed by atoms with Gasteiger partial charge in [-0.2, -0.15) is 5.10 Å². The van der Waals surface area contributed by atoms with Crippen molar-refractivity contribution in [2.75, 3.05) is 5.32 Å². The lowest BCUT2D eigenvalue weighted by molar-refractivity contribution is 0.244. The molecule has 3 rings (SSSR count). The van der Waals surface area contributed by atoms with Crippen LogP contribution >= 0.6 is 15.9 Å². The van der Waals surface area contributed by atoms with Gasteiger partial charge >= 0.3 is 6.03 Å². The topological polar surface area (TPSA) is 59.0 Å². The van der Waals surface area contributed by atoms with E-state index in [9.17, 15) is 4.79 Å². The summed E-state index contributed by atoms with van der Waals surface area (Å²) in [6.45, 7) is 4.61. The van der Waals surface area contributed by atoms with Crippen LogP contribution in [0, 0.1) is 13.8 Å². The molecule has 6 heteroatoms. The number of carbonyl (C=O) groups is 1. The second-order valence-electron chi connectivity index (χ2n) is 6.76. The molecule has 0 unspecified atom stereocenters. The zero-order valence-corrected chi connectivity index (χ0v) is 16.4. The third-order valence-electron chi connectivity index (χ3n) is 4.81. The average molecular weight is 405 g/mol. The first-order valence-corrected chi connectivity index (χ1v) is 9.68. The van der Waals surface area contributed by atoms with Crippen molar-refractivity contribution in [1.82, 2.24) is 15.1 Å². The number of rotatable bonds is 4. The fourth-order valence-corrected chi connectivity index (χ4v) is 3.64. The number of halogens is 1. The number of anilines is 1. The van der Waals surface area contributed by atoms with E-state index in [1.54, 1.807) is 0 Å². The molecule has 0 radical (unpaired) electrons. The van der Waals surface area contributed by atoms with Crippen LogP contribution in [0.2, 0.25) is 0 Å². The standard InChI is InChI=1S/C19H25BrN4O/c1-13-18(22-19(25)21-17-6-4-3-5-7-17)14(2)24(23-13)12-15-8-10-16(20)11-9-15/h8-11,17H,3-7,12H2,1-2H3,(H2,21,22,25). The van der Waals surface area contributed by atoms with Gasteiger partial charge in [-0.1, -0.05) is 47.3 Å². The van der Waals surface area contributed by atoms with E-state index in [0.717, 1.165) is 34.4 Å². The van der Waals surface area contributed by atoms with Crippen LogP contribution in [-0.2, 0) is 6.54 Å². The molecule has 134 valence electrons. The van der Waals surface area contributed by atoms with Gasteiger partial charge in [0.15, 0.2) is 0 Å². The Bertz CT molecular complexity index is 733. The van der Waals surface area contributed by atoms with E-state index >= 15 is 0 Å². The Hall–Kier alpha value is -1.82. The molecule has 1 aliphatic carbocycles. The van der Waals surface area contributed by atoms with Gasteiger partial charge in [0, 0.05) is 10.5 Å². The molecule has 1 aromatic heterocycles. The van der Waals surface area contributed by atoms with Gasteiger partial charge < -0.3 is 10.6 Å². The minimum Gasteiger partial charge on any atom is -0.335 e. The lowest BCUT2D eigenvalue weighted by Gasteiger charge is -2.22. The first-order valence-electron chi connectivity index (χ1n) is 8.89. The van der Waals surface area contributed by atoms with Crippen LogP contribution in [0.25, 0.3) is 0 Å². The monoisotopic (exact) mass is 404 g/mol. The van der Waals surface area contributed by atoms with E-state index < -0.39 is 0 Å². The summed E-state index contributed by atoms with van der Waals surface area (Å²) in [5.41, 5.74) is 3.80. The minimum atomic E-state index is -0.124. The number of benzene rings is 1. The van der Waals surface area contributed by atoms with Crippen LogP contribution in [0.3, 0.4) is 0 Å². The smallest absolute Gasteiger partial charge is 0.319 e. The highest BCUT2D eigenvalue weighted by Gasteiger charge is 2.18. The van der Waals surface area contributed by atoms with Gasteiger partial charge in [0.2, 0.25) is 0 Å². The largest absolute Gasteiger partial charge is 0.335 e. The Kier molecular flexibility index (Phi) is 5.78. The van der Waals surface area contributed by atoms with Gasteiger partial charge in [-0.15, -0.1) is 0 Å². The van der Waals surface area contributed by atoms with Gasteiger partial charge in [-0.3, -0.25) is 4.68 Å². The number of amides is 2. The zero-order valence-electron chi connectivity index (χ0n) is 14.8. The molecule has 1 saturated carbocycles. The van der Waals surface area contributed by atoms with Crippen LogP contribution in [0.15, 0.2) is 28.7 Å². The van der Waals surface area contributed by atoms with Gasteiger partial charge in [0.25, 0.3) is 0 Å². The average Bonchev–Trinajstić information content (AvgIpc) is 2.85. The highest BCUT2D eigenvalue weighted by molar-refractivity contribution is 9.10. The molecule has 2 N–H and O–H groups in total. The highest BCUT2D eigenvalue weighted by atomic mass is 79.9. The molecule has 0 bridgehead atoms. The fourth-order valence-electron chi connectivity index (χ4n) is 3.38. The Morgan fingerprint density at radius 1 is 1.20 bits per heavy atom. The lowest BCUT2D eigenvalue weighted by atomic mass is 9.96. The Labute approximate surface area is 157 Å². The zero-order chi connectivity index (χ0) is 17.8. The maximum absolute atomic E-state index is 12.3. The fraction of sp³-hybridized carbons (Fsp3) is 0.474. The summed E-state index contributed by atoms with van der Waals surface area (Å²) in [5.74, 6) is 0. The van der Waals surface area contributed by atoms with Gasteiger partial charge in [-0.25, -0.2) is 4.79 Å². The first kappa shape index (κ1) is 18.0. The van der Waals surface area contributed by atoms with Crippen molar-refractivity contribution < 1.29 is 4.79 Å². The van der Waals surface area contributed by atoms with Crippen LogP contribution in [-0.4, -0.2) is 21.9 Å². The summed E-state index contributed by atoms with van der Waals surface area (Å²) < 4.78 is 3.00. The quantitative estimate of drug-likeness (QED) is 0.770. The van der Waals surface area contributed by atoms with Crippen molar-refractivity contribution in [3.8, 4) is 0 Å². The van der Waals surface area contributed by atoms with Crippen LogP contribution < -0.4 is 10.6 Å². The molecule has 1 fully saturated rings. The number of aryl methyl sites for hydroxylation is 1. The SMILES string of the molecule is Cc1nn(Cc2ccc(Br)cc2)c(C)c1NC(=O)NC1CCCCC1. The second kappa shape index (κ2) is 8.04. The van der Waals surface area contributed by atoms with Crippen molar-refractivity contribution in [2.45, 2.75) is 58.5 Å². The molecule has 25 heavy (non-hydrogen) atoms. The molecular formula is C19H25BrN4O. The number of nitrogens with zero attached hydrogens (tertiary/aromatic N) is 2. The van der Waals surface area contributed by atoms with Crippen molar-refractivity contribution in [3.05, 3.63) is 45.7 Å². The summed E-state index contributed by atoms with van der Waals surface area (Å²) in [6, 6.07) is 8.37. The normalized spacial score (nSPS) is 15.2. The van der Waals surface area contributed by atoms with Crippen LogP contribution in [0.5, 0.6) is 0 Å². The molecule has 0 saturated heterocycles. The molecule has 1 aromatic carbocycles. The summed E-state index contributed by atoms with van der Waals surface area (Å²) in [4.78, 5) is 12.3. The number of hydrogen-bond acceptors (Lipinski definition) is 2. The predicted molar refractivity (Wildman–Crippen MR) is 104 cm³/mol. The molecule has 0 spiro atoms. The minimum absolute atomic E-state index is 0.124. The maximum Gasteiger partial charge on any atom is 0.319 e. The summed E-state index contributed by atoms with van der Waals surface area (Å²) >= 11 is 3.45. The number of nitrogens with one attached hydrogen (secondary N) is 2. The molecule has 5 nitrogen and oxygen atoms in total. The molecule has 2 amide bonds. The first-order chi connectivity index (χ1) is 12.0. The van der Waals surface area contributed by atoms with Crippen molar-refractivity contribution in [3.63, 3.8) is 0 Å². The molecule has 1 heterocycles. The van der Waals surface area contributed by atoms with Crippen molar-refractivity contribution in [2.24, 2.45) is 0 Å². The van der Waals surface area contributed by atoms with Gasteiger partial charge in [-0.05, 0) is 44.4 Å². The number of aromatic nitrogens is 2. The summed E-state index contributed by atoms with van der Waals surface area (Å²) in [7, 11) is 0. The molecule has 2 aromatic rings. The van der Waals surface area contributed by atoms with Gasteiger partial charge in [0.05, 0.1) is 23.6 Å². The van der Waals surface area contributed by atoms with Gasteiger partial charge in [0.1, 0.15) is 0 Å².